The van der Waals surface area contributed by atoms with Crippen LogP contribution in [0.5, 0.6) is 5.75 Å². The van der Waals surface area contributed by atoms with Crippen LogP contribution in [0.4, 0.5) is 16.0 Å². The Hall–Kier alpha value is -3.59. The van der Waals surface area contributed by atoms with E-state index in [1.54, 1.807) is 6.07 Å². The number of hydrogen-bond acceptors (Lipinski definition) is 6. The summed E-state index contributed by atoms with van der Waals surface area (Å²) in [5.74, 6) is 0.709. The highest BCUT2D eigenvalue weighted by atomic mass is 32.2. The maximum absolute atomic E-state index is 13.5. The summed E-state index contributed by atoms with van der Waals surface area (Å²) in [4.78, 5) is 14.1. The van der Waals surface area contributed by atoms with E-state index in [1.165, 1.54) is 36.8 Å². The highest BCUT2D eigenvalue weighted by Crippen LogP contribution is 2.39. The van der Waals surface area contributed by atoms with Gasteiger partial charge in [-0.2, -0.15) is 4.98 Å². The van der Waals surface area contributed by atoms with Crippen LogP contribution >= 0.6 is 10.7 Å². The van der Waals surface area contributed by atoms with E-state index in [1.807, 2.05) is 24.3 Å². The zero-order chi connectivity index (χ0) is 20.9. The molecule has 1 unspecified atom stereocenters. The lowest BCUT2D eigenvalue weighted by molar-refractivity contribution is 0.412. The van der Waals surface area contributed by atoms with E-state index in [4.69, 9.17) is 10.5 Å². The largest absolute Gasteiger partial charge is 0.496 e. The lowest BCUT2D eigenvalue weighted by Gasteiger charge is -2.09. The first-order valence-electron chi connectivity index (χ1n) is 9.07. The van der Waals surface area contributed by atoms with Gasteiger partial charge in [-0.1, -0.05) is 18.2 Å². The van der Waals surface area contributed by atoms with Crippen LogP contribution in [0.3, 0.4) is 0 Å². The molecule has 0 radical (unpaired) electrons. The van der Waals surface area contributed by atoms with E-state index in [2.05, 4.69) is 36.1 Å². The number of nitrogens with zero attached hydrogens (tertiary/aromatic N) is 4. The van der Waals surface area contributed by atoms with Crippen molar-refractivity contribution in [3.63, 3.8) is 0 Å². The van der Waals surface area contributed by atoms with Crippen LogP contribution in [-0.4, -0.2) is 33.8 Å². The van der Waals surface area contributed by atoms with Crippen molar-refractivity contribution < 1.29 is 9.13 Å². The molecular formula is C21H19FN6OS. The molecule has 0 fully saturated rings. The van der Waals surface area contributed by atoms with E-state index in [9.17, 15) is 4.39 Å². The van der Waals surface area contributed by atoms with Crippen molar-refractivity contribution in [3.05, 3.63) is 71.2 Å². The zero-order valence-electron chi connectivity index (χ0n) is 16.1. The van der Waals surface area contributed by atoms with Crippen molar-refractivity contribution in [3.8, 4) is 17.1 Å². The molecule has 1 aliphatic carbocycles. The van der Waals surface area contributed by atoms with Crippen LogP contribution in [0.2, 0.25) is 0 Å². The van der Waals surface area contributed by atoms with Crippen LogP contribution in [-0.2, 0) is 0 Å². The second-order valence-corrected chi connectivity index (χ2v) is 7.89. The molecule has 1 aliphatic rings. The Bertz CT molecular complexity index is 1180. The van der Waals surface area contributed by atoms with Gasteiger partial charge in [0.1, 0.15) is 17.9 Å². The van der Waals surface area contributed by atoms with Gasteiger partial charge in [0.15, 0.2) is 5.82 Å². The molecule has 152 valence electrons. The summed E-state index contributed by atoms with van der Waals surface area (Å²) < 4.78 is 23.1. The molecule has 4 rings (SSSR count). The molecule has 0 aliphatic heterocycles. The van der Waals surface area contributed by atoms with Gasteiger partial charge in [-0.25, -0.2) is 18.8 Å². The van der Waals surface area contributed by atoms with Crippen molar-refractivity contribution in [2.45, 2.75) is 6.42 Å². The van der Waals surface area contributed by atoms with Gasteiger partial charge in [0, 0.05) is 16.7 Å². The lowest BCUT2D eigenvalue weighted by Crippen LogP contribution is -2.01. The maximum atomic E-state index is 13.5. The molecular weight excluding hydrogens is 403 g/mol. The Morgan fingerprint density at radius 1 is 1.23 bits per heavy atom. The Kier molecular flexibility index (Phi) is 5.80. The number of hydrogen-bond donors (Lipinski definition) is 2. The zero-order valence-corrected chi connectivity index (χ0v) is 16.9. The van der Waals surface area contributed by atoms with Gasteiger partial charge in [0.05, 0.1) is 19.0 Å². The van der Waals surface area contributed by atoms with Crippen LogP contribution in [0.1, 0.15) is 12.0 Å². The second kappa shape index (κ2) is 8.83. The highest BCUT2D eigenvalue weighted by molar-refractivity contribution is 8.17. The summed E-state index contributed by atoms with van der Waals surface area (Å²) in [6, 6.07) is 12.0. The molecule has 0 saturated heterocycles. The quantitative estimate of drug-likeness (QED) is 0.339. The SMILES string of the molecule is COc1cc(F)ccc1-c1ncnc(Nc2cccc(/C=S(\N=CN)C3=CC3)c2)n1. The van der Waals surface area contributed by atoms with Gasteiger partial charge in [0.2, 0.25) is 5.95 Å². The molecule has 1 heterocycles. The third-order valence-corrected chi connectivity index (χ3v) is 5.90. The van der Waals surface area contributed by atoms with E-state index < -0.39 is 5.82 Å². The molecule has 0 saturated carbocycles. The summed E-state index contributed by atoms with van der Waals surface area (Å²) in [7, 11) is 1.14. The second-order valence-electron chi connectivity index (χ2n) is 6.29. The summed E-state index contributed by atoms with van der Waals surface area (Å²) in [5.41, 5.74) is 7.88. The third kappa shape index (κ3) is 4.69. The number of ether oxygens (including phenoxy) is 1. The molecule has 0 spiro atoms. The topological polar surface area (TPSA) is 98.3 Å². The van der Waals surface area contributed by atoms with E-state index >= 15 is 0 Å². The number of benzene rings is 2. The Morgan fingerprint density at radius 2 is 2.10 bits per heavy atom. The monoisotopic (exact) mass is 422 g/mol. The molecule has 0 bridgehead atoms. The number of aromatic nitrogens is 3. The molecule has 1 atom stereocenters. The van der Waals surface area contributed by atoms with E-state index in [0.29, 0.717) is 23.1 Å². The number of methoxy groups -OCH3 is 1. The maximum Gasteiger partial charge on any atom is 0.230 e. The fourth-order valence-corrected chi connectivity index (χ4v) is 4.04. The van der Waals surface area contributed by atoms with Gasteiger partial charge in [0.25, 0.3) is 0 Å². The Labute approximate surface area is 175 Å². The van der Waals surface area contributed by atoms with Crippen molar-refractivity contribution in [2.24, 2.45) is 10.1 Å². The molecule has 3 N–H and O–H groups in total. The minimum atomic E-state index is -0.393. The third-order valence-electron chi connectivity index (χ3n) is 4.18. The normalized spacial score (nSPS) is 13.9. The predicted octanol–water partition coefficient (Wildman–Crippen LogP) is 4.04. The van der Waals surface area contributed by atoms with Crippen molar-refractivity contribution >= 4 is 34.0 Å². The fourth-order valence-electron chi connectivity index (χ4n) is 2.74. The Morgan fingerprint density at radius 3 is 2.87 bits per heavy atom. The lowest BCUT2D eigenvalue weighted by atomic mass is 10.2. The minimum absolute atomic E-state index is 0.338. The average Bonchev–Trinajstić information content (AvgIpc) is 3.59. The van der Waals surface area contributed by atoms with Crippen LogP contribution in [0, 0.1) is 5.82 Å². The number of nitrogens with two attached hydrogens (primary N) is 1. The highest BCUT2D eigenvalue weighted by Gasteiger charge is 2.13. The number of halogens is 1. The van der Waals surface area contributed by atoms with Gasteiger partial charge in [-0.3, -0.25) is 0 Å². The molecule has 30 heavy (non-hydrogen) atoms. The number of allylic oxidation sites excluding steroid dienone is 2. The average molecular weight is 422 g/mol. The van der Waals surface area contributed by atoms with Gasteiger partial charge >= 0.3 is 0 Å². The molecule has 7 nitrogen and oxygen atoms in total. The number of nitrogens with one attached hydrogen (secondary N) is 1. The minimum Gasteiger partial charge on any atom is -0.496 e. The first kappa shape index (κ1) is 19.7. The smallest absolute Gasteiger partial charge is 0.230 e. The van der Waals surface area contributed by atoms with Gasteiger partial charge in [-0.15, -0.1) is 0 Å². The summed E-state index contributed by atoms with van der Waals surface area (Å²) in [5, 5.41) is 5.26. The molecule has 0 amide bonds. The van der Waals surface area contributed by atoms with Crippen molar-refractivity contribution in [1.82, 2.24) is 15.0 Å². The number of anilines is 2. The Balaban J connectivity index is 1.59. The van der Waals surface area contributed by atoms with Gasteiger partial charge < -0.3 is 15.8 Å². The van der Waals surface area contributed by atoms with E-state index in [-0.39, 0.29) is 10.7 Å². The van der Waals surface area contributed by atoms with Crippen molar-refractivity contribution in [1.29, 1.82) is 0 Å². The van der Waals surface area contributed by atoms with Crippen LogP contribution in [0.25, 0.3) is 11.4 Å². The van der Waals surface area contributed by atoms with Gasteiger partial charge in [-0.05, 0) is 52.3 Å². The first-order valence-corrected chi connectivity index (χ1v) is 10.3. The standard InChI is InChI=1S/C21H19FN6OS/c1-29-19-10-15(22)5-8-18(19)20-24-13-25-21(28-20)27-16-4-2-3-14(9-16)11-30(26-12-23)17-6-7-17/h2-6,8-13H,7H2,1H3,(H2,23,26)(H,24,25,27,28). The molecule has 9 heteroatoms. The molecule has 1 aromatic heterocycles. The van der Waals surface area contributed by atoms with Crippen LogP contribution < -0.4 is 15.8 Å². The predicted molar refractivity (Wildman–Crippen MR) is 120 cm³/mol. The summed E-state index contributed by atoms with van der Waals surface area (Å²) >= 11 is 0. The van der Waals surface area contributed by atoms with E-state index in [0.717, 1.165) is 17.7 Å². The molecule has 2 aromatic carbocycles. The van der Waals surface area contributed by atoms with Crippen LogP contribution in [0.15, 0.2) is 64.2 Å². The summed E-state index contributed by atoms with van der Waals surface area (Å²) in [6.07, 6.45) is 5.87. The molecule has 3 aromatic rings. The fraction of sp³-hybridized carbons (Fsp3) is 0.0952. The number of rotatable bonds is 7. The van der Waals surface area contributed by atoms with Crippen molar-refractivity contribution in [2.75, 3.05) is 12.4 Å². The first-order chi connectivity index (χ1) is 14.7. The summed E-state index contributed by atoms with van der Waals surface area (Å²) in [6.45, 7) is 0.